The van der Waals surface area contributed by atoms with Crippen LogP contribution < -0.4 is 10.6 Å². The van der Waals surface area contributed by atoms with E-state index in [-0.39, 0.29) is 5.91 Å². The van der Waals surface area contributed by atoms with Gasteiger partial charge in [0, 0.05) is 24.2 Å². The number of carbonyl (C=O) groups excluding carboxylic acids is 1. The number of piperidine rings is 1. The Hall–Kier alpha value is -1.49. The summed E-state index contributed by atoms with van der Waals surface area (Å²) < 4.78 is 0. The minimum atomic E-state index is -0.0394. The molecular formula is C17H26N4O. The molecule has 2 aliphatic rings. The molecule has 0 spiro atoms. The van der Waals surface area contributed by atoms with Gasteiger partial charge in [-0.2, -0.15) is 0 Å². The molecule has 1 saturated heterocycles. The summed E-state index contributed by atoms with van der Waals surface area (Å²) in [5, 5.41) is 6.55. The number of nitrogens with one attached hydrogen (secondary N) is 2. The Morgan fingerprint density at radius 3 is 2.73 bits per heavy atom. The Bertz CT molecular complexity index is 519. The molecule has 1 atom stereocenters. The predicted octanol–water partition coefficient (Wildman–Crippen LogP) is 2.31. The summed E-state index contributed by atoms with van der Waals surface area (Å²) in [7, 11) is 0. The van der Waals surface area contributed by atoms with Gasteiger partial charge in [-0.05, 0) is 45.2 Å². The number of aromatic nitrogens is 2. The number of hydrogen-bond acceptors (Lipinski definition) is 4. The van der Waals surface area contributed by atoms with Gasteiger partial charge in [0.05, 0.1) is 0 Å². The highest BCUT2D eigenvalue weighted by Gasteiger charge is 2.21. The van der Waals surface area contributed by atoms with E-state index in [1.165, 1.54) is 19.3 Å². The summed E-state index contributed by atoms with van der Waals surface area (Å²) in [5.74, 6) is 1.05. The van der Waals surface area contributed by atoms with Gasteiger partial charge in [0.15, 0.2) is 0 Å². The first-order chi connectivity index (χ1) is 10.7. The van der Waals surface area contributed by atoms with E-state index < -0.39 is 0 Å². The van der Waals surface area contributed by atoms with Gasteiger partial charge >= 0.3 is 0 Å². The number of aryl methyl sites for hydroxylation is 1. The molecule has 22 heavy (non-hydrogen) atoms. The molecule has 1 saturated carbocycles. The van der Waals surface area contributed by atoms with E-state index in [2.05, 4.69) is 20.6 Å². The molecule has 3 rings (SSSR count). The van der Waals surface area contributed by atoms with Crippen molar-refractivity contribution in [1.82, 2.24) is 20.6 Å². The summed E-state index contributed by atoms with van der Waals surface area (Å²) >= 11 is 0. The van der Waals surface area contributed by atoms with E-state index in [0.29, 0.717) is 23.5 Å². The average Bonchev–Trinajstić information content (AvgIpc) is 2.56. The van der Waals surface area contributed by atoms with Crippen LogP contribution >= 0.6 is 0 Å². The van der Waals surface area contributed by atoms with Crippen LogP contribution in [-0.4, -0.2) is 35.0 Å². The molecule has 5 nitrogen and oxygen atoms in total. The van der Waals surface area contributed by atoms with Crippen LogP contribution in [0.2, 0.25) is 0 Å². The highest BCUT2D eigenvalue weighted by Crippen LogP contribution is 2.22. The number of nitrogens with zero attached hydrogens (tertiary/aromatic N) is 2. The van der Waals surface area contributed by atoms with Crippen molar-refractivity contribution in [3.05, 3.63) is 23.3 Å². The Kier molecular flexibility index (Phi) is 5.03. The van der Waals surface area contributed by atoms with Crippen LogP contribution in [0.15, 0.2) is 6.07 Å². The zero-order valence-electron chi connectivity index (χ0n) is 13.4. The molecule has 2 fully saturated rings. The summed E-state index contributed by atoms with van der Waals surface area (Å²) in [6.45, 7) is 3.90. The maximum atomic E-state index is 12.5. The van der Waals surface area contributed by atoms with Crippen LogP contribution in [-0.2, 0) is 0 Å². The third kappa shape index (κ3) is 3.83. The summed E-state index contributed by atoms with van der Waals surface area (Å²) in [5.41, 5.74) is 1.53. The normalized spacial score (nSPS) is 23.2. The molecule has 1 aromatic heterocycles. The van der Waals surface area contributed by atoms with Gasteiger partial charge in [0.25, 0.3) is 5.91 Å². The lowest BCUT2D eigenvalue weighted by Crippen LogP contribution is -2.37. The van der Waals surface area contributed by atoms with Crippen molar-refractivity contribution in [1.29, 1.82) is 0 Å². The maximum Gasteiger partial charge on any atom is 0.270 e. The first-order valence-electron chi connectivity index (χ1n) is 8.59. The molecule has 1 amide bonds. The van der Waals surface area contributed by atoms with Gasteiger partial charge in [-0.3, -0.25) is 4.79 Å². The Morgan fingerprint density at radius 2 is 2.00 bits per heavy atom. The molecule has 1 aromatic rings. The topological polar surface area (TPSA) is 66.9 Å². The first-order valence-corrected chi connectivity index (χ1v) is 8.59. The maximum absolute atomic E-state index is 12.5. The highest BCUT2D eigenvalue weighted by molar-refractivity contribution is 5.92. The molecular weight excluding hydrogens is 276 g/mol. The molecule has 2 N–H and O–H groups in total. The van der Waals surface area contributed by atoms with Crippen molar-refractivity contribution in [3.8, 4) is 0 Å². The van der Waals surface area contributed by atoms with Crippen molar-refractivity contribution >= 4 is 5.91 Å². The summed E-state index contributed by atoms with van der Waals surface area (Å²) in [6.07, 6.45) is 8.20. The molecule has 120 valence electrons. The average molecular weight is 302 g/mol. The number of amides is 1. The third-order valence-corrected chi connectivity index (χ3v) is 4.75. The van der Waals surface area contributed by atoms with Crippen LogP contribution in [0.1, 0.15) is 72.9 Å². The molecule has 0 bridgehead atoms. The third-order valence-electron chi connectivity index (χ3n) is 4.75. The van der Waals surface area contributed by atoms with E-state index in [1.54, 1.807) is 0 Å². The van der Waals surface area contributed by atoms with Gasteiger partial charge < -0.3 is 10.6 Å². The molecule has 1 aliphatic heterocycles. The van der Waals surface area contributed by atoms with Crippen molar-refractivity contribution in [2.75, 3.05) is 13.1 Å². The van der Waals surface area contributed by atoms with Crippen LogP contribution in [0.3, 0.4) is 0 Å². The van der Waals surface area contributed by atoms with E-state index in [4.69, 9.17) is 0 Å². The van der Waals surface area contributed by atoms with Gasteiger partial charge in [-0.1, -0.05) is 19.3 Å². The fourth-order valence-electron chi connectivity index (χ4n) is 3.53. The van der Waals surface area contributed by atoms with Gasteiger partial charge in [-0.25, -0.2) is 9.97 Å². The lowest BCUT2D eigenvalue weighted by Gasteiger charge is -2.24. The molecule has 1 aliphatic carbocycles. The highest BCUT2D eigenvalue weighted by atomic mass is 16.1. The van der Waals surface area contributed by atoms with E-state index in [0.717, 1.165) is 44.5 Å². The van der Waals surface area contributed by atoms with Gasteiger partial charge in [0.2, 0.25) is 0 Å². The largest absolute Gasteiger partial charge is 0.348 e. The van der Waals surface area contributed by atoms with Crippen LogP contribution in [0.25, 0.3) is 0 Å². The fourth-order valence-corrected chi connectivity index (χ4v) is 3.53. The van der Waals surface area contributed by atoms with Crippen LogP contribution in [0.4, 0.5) is 0 Å². The molecule has 5 heteroatoms. The minimum absolute atomic E-state index is 0.0394. The van der Waals surface area contributed by atoms with Crippen molar-refractivity contribution in [2.24, 2.45) is 0 Å². The zero-order chi connectivity index (χ0) is 15.4. The van der Waals surface area contributed by atoms with E-state index >= 15 is 0 Å². The van der Waals surface area contributed by atoms with Gasteiger partial charge in [0.1, 0.15) is 11.5 Å². The van der Waals surface area contributed by atoms with Crippen LogP contribution in [0.5, 0.6) is 0 Å². The second-order valence-electron chi connectivity index (χ2n) is 6.58. The molecule has 0 radical (unpaired) electrons. The first kappa shape index (κ1) is 15.4. The lowest BCUT2D eigenvalue weighted by molar-refractivity contribution is 0.0922. The SMILES string of the molecule is Cc1nc(C(=O)NC2CCCCC2)cc([C@@H]2CCCNC2)n1. The smallest absolute Gasteiger partial charge is 0.270 e. The van der Waals surface area contributed by atoms with Crippen molar-refractivity contribution < 1.29 is 4.79 Å². The second-order valence-corrected chi connectivity index (χ2v) is 6.58. The molecule has 0 aromatic carbocycles. The van der Waals surface area contributed by atoms with Crippen LogP contribution in [0, 0.1) is 6.92 Å². The number of rotatable bonds is 3. The summed E-state index contributed by atoms with van der Waals surface area (Å²) in [6, 6.07) is 2.21. The summed E-state index contributed by atoms with van der Waals surface area (Å²) in [4.78, 5) is 21.4. The monoisotopic (exact) mass is 302 g/mol. The lowest BCUT2D eigenvalue weighted by atomic mass is 9.94. The fraction of sp³-hybridized carbons (Fsp3) is 0.706. The second kappa shape index (κ2) is 7.18. The Morgan fingerprint density at radius 1 is 1.18 bits per heavy atom. The molecule has 0 unspecified atom stereocenters. The van der Waals surface area contributed by atoms with E-state index in [9.17, 15) is 4.79 Å². The molecule has 2 heterocycles. The Labute approximate surface area is 132 Å². The Balaban J connectivity index is 1.71. The van der Waals surface area contributed by atoms with Crippen molar-refractivity contribution in [3.63, 3.8) is 0 Å². The minimum Gasteiger partial charge on any atom is -0.348 e. The standard InChI is InChI=1S/C17H26N4O/c1-12-19-15(13-6-5-9-18-11-13)10-16(20-12)17(22)21-14-7-3-2-4-8-14/h10,13-14,18H,2-9,11H2,1H3,(H,21,22)/t13-/m1/s1. The van der Waals surface area contributed by atoms with Gasteiger partial charge in [-0.15, -0.1) is 0 Å². The predicted molar refractivity (Wildman–Crippen MR) is 86.0 cm³/mol. The quantitative estimate of drug-likeness (QED) is 0.899. The number of hydrogen-bond donors (Lipinski definition) is 2. The van der Waals surface area contributed by atoms with E-state index in [1.807, 2.05) is 13.0 Å². The number of carbonyl (C=O) groups is 1. The zero-order valence-corrected chi connectivity index (χ0v) is 13.4. The van der Waals surface area contributed by atoms with Crippen molar-refractivity contribution in [2.45, 2.75) is 63.8 Å².